The van der Waals surface area contributed by atoms with Crippen LogP contribution in [0, 0.1) is 0 Å². The van der Waals surface area contributed by atoms with Crippen molar-refractivity contribution >= 4 is 28.2 Å². The van der Waals surface area contributed by atoms with Gasteiger partial charge in [-0.3, -0.25) is 9.78 Å². The number of hydrogen-bond acceptors (Lipinski definition) is 6. The van der Waals surface area contributed by atoms with Crippen molar-refractivity contribution < 1.29 is 8.78 Å². The van der Waals surface area contributed by atoms with Gasteiger partial charge in [0.15, 0.2) is 0 Å². The zero-order valence-electron chi connectivity index (χ0n) is 15.2. The fraction of sp³-hybridized carbons (Fsp3) is 0.333. The minimum Gasteiger partial charge on any atom is -0.365 e. The number of halogens is 2. The van der Waals surface area contributed by atoms with Crippen LogP contribution in [0.1, 0.15) is 20.8 Å². The average Bonchev–Trinajstić information content (AvgIpc) is 2.56. The van der Waals surface area contributed by atoms with Gasteiger partial charge in [-0.2, -0.15) is 0 Å². The smallest absolute Gasteiger partial charge is 0.262 e. The van der Waals surface area contributed by atoms with E-state index in [1.54, 1.807) is 30.7 Å². The van der Waals surface area contributed by atoms with Crippen molar-refractivity contribution in [3.63, 3.8) is 0 Å². The molecule has 2 N–H and O–H groups in total. The maximum Gasteiger partial charge on any atom is 0.262 e. The van der Waals surface area contributed by atoms with E-state index in [4.69, 9.17) is 0 Å². The molecule has 0 radical (unpaired) electrons. The third kappa shape index (κ3) is 4.55. The Morgan fingerprint density at radius 2 is 2.00 bits per heavy atom. The summed E-state index contributed by atoms with van der Waals surface area (Å²) in [5.41, 5.74) is -0.904. The fourth-order valence-electron chi connectivity index (χ4n) is 2.60. The van der Waals surface area contributed by atoms with Crippen molar-refractivity contribution in [3.05, 3.63) is 47.3 Å². The van der Waals surface area contributed by atoms with Crippen LogP contribution in [0.25, 0.3) is 10.8 Å². The van der Waals surface area contributed by atoms with Gasteiger partial charge in [0.1, 0.15) is 17.5 Å². The van der Waals surface area contributed by atoms with E-state index < -0.39 is 18.5 Å². The van der Waals surface area contributed by atoms with E-state index >= 15 is 0 Å². The van der Waals surface area contributed by atoms with Crippen LogP contribution in [0.3, 0.4) is 0 Å². The molecule has 0 spiro atoms. The molecular formula is C18H20F2N6O. The largest absolute Gasteiger partial charge is 0.365 e. The minimum atomic E-state index is -2.62. The lowest BCUT2D eigenvalue weighted by Gasteiger charge is -2.23. The predicted octanol–water partition coefficient (Wildman–Crippen LogP) is 3.41. The lowest BCUT2D eigenvalue weighted by atomic mass is 10.1. The monoisotopic (exact) mass is 374 g/mol. The van der Waals surface area contributed by atoms with Crippen molar-refractivity contribution in [1.29, 1.82) is 0 Å². The standard InChI is InChI=1S/C18H20F2N6O/c1-18(2,3)25-16-15-11(4-7-26(17(15)27)10-12(19)20)8-13(24-16)23-14-9-21-5-6-22-14/h4-9,12H,10H2,1-3H3,(H2,22,23,24,25). The Hall–Kier alpha value is -3.10. The highest BCUT2D eigenvalue weighted by atomic mass is 19.3. The Morgan fingerprint density at radius 1 is 1.22 bits per heavy atom. The molecule has 0 fully saturated rings. The minimum absolute atomic E-state index is 0.262. The molecule has 3 rings (SSSR count). The van der Waals surface area contributed by atoms with Crippen LogP contribution in [-0.2, 0) is 6.54 Å². The SMILES string of the molecule is CC(C)(C)Nc1nc(Nc2cnccn2)cc2ccn(CC(F)F)c(=O)c12. The van der Waals surface area contributed by atoms with Gasteiger partial charge in [-0.25, -0.2) is 18.7 Å². The quantitative estimate of drug-likeness (QED) is 0.712. The summed E-state index contributed by atoms with van der Waals surface area (Å²) in [5.74, 6) is 1.28. The molecule has 0 saturated heterocycles. The molecule has 3 aromatic heterocycles. The van der Waals surface area contributed by atoms with Crippen molar-refractivity contribution in [2.24, 2.45) is 0 Å². The number of nitrogens with zero attached hydrogens (tertiary/aromatic N) is 4. The van der Waals surface area contributed by atoms with Gasteiger partial charge in [-0.05, 0) is 38.3 Å². The van der Waals surface area contributed by atoms with Gasteiger partial charge in [-0.1, -0.05) is 0 Å². The number of aromatic nitrogens is 4. The number of alkyl halides is 2. The van der Waals surface area contributed by atoms with Crippen LogP contribution in [-0.4, -0.2) is 31.5 Å². The maximum absolute atomic E-state index is 12.8. The van der Waals surface area contributed by atoms with Crippen molar-refractivity contribution in [2.45, 2.75) is 39.3 Å². The van der Waals surface area contributed by atoms with Crippen molar-refractivity contribution in [2.75, 3.05) is 10.6 Å². The Bertz CT molecular complexity index is 998. The molecule has 0 atom stereocenters. The van der Waals surface area contributed by atoms with Gasteiger partial charge in [0.2, 0.25) is 0 Å². The summed E-state index contributed by atoms with van der Waals surface area (Å²) in [4.78, 5) is 25.3. The van der Waals surface area contributed by atoms with Gasteiger partial charge in [0, 0.05) is 24.1 Å². The lowest BCUT2D eigenvalue weighted by Crippen LogP contribution is -2.29. The van der Waals surface area contributed by atoms with Crippen molar-refractivity contribution in [1.82, 2.24) is 19.5 Å². The molecule has 0 saturated carbocycles. The van der Waals surface area contributed by atoms with Gasteiger partial charge in [-0.15, -0.1) is 0 Å². The molecule has 0 unspecified atom stereocenters. The molecule has 142 valence electrons. The molecule has 3 aromatic rings. The second-order valence-corrected chi connectivity index (χ2v) is 7.08. The lowest BCUT2D eigenvalue weighted by molar-refractivity contribution is 0.125. The zero-order valence-corrected chi connectivity index (χ0v) is 15.2. The Labute approximate surface area is 154 Å². The summed E-state index contributed by atoms with van der Waals surface area (Å²) in [6.45, 7) is 5.10. The molecule has 3 heterocycles. The summed E-state index contributed by atoms with van der Waals surface area (Å²) in [6, 6.07) is 3.29. The molecule has 0 bridgehead atoms. The first-order valence-corrected chi connectivity index (χ1v) is 8.36. The molecule has 0 aliphatic carbocycles. The molecule has 0 aliphatic heterocycles. The highest BCUT2D eigenvalue weighted by molar-refractivity contribution is 5.93. The highest BCUT2D eigenvalue weighted by Gasteiger charge is 2.18. The summed E-state index contributed by atoms with van der Waals surface area (Å²) >= 11 is 0. The van der Waals surface area contributed by atoms with Crippen LogP contribution in [0.15, 0.2) is 41.7 Å². The van der Waals surface area contributed by atoms with Gasteiger partial charge >= 0.3 is 0 Å². The number of nitrogens with one attached hydrogen (secondary N) is 2. The number of fused-ring (bicyclic) bond motifs is 1. The van der Waals surface area contributed by atoms with E-state index in [9.17, 15) is 13.6 Å². The average molecular weight is 374 g/mol. The Kier molecular flexibility index (Phi) is 5.02. The maximum atomic E-state index is 12.8. The van der Waals surface area contributed by atoms with Gasteiger partial charge < -0.3 is 15.2 Å². The van der Waals surface area contributed by atoms with Gasteiger partial charge in [0.25, 0.3) is 12.0 Å². The highest BCUT2D eigenvalue weighted by Crippen LogP contribution is 2.26. The second kappa shape index (κ2) is 7.26. The molecule has 0 amide bonds. The Morgan fingerprint density at radius 3 is 2.63 bits per heavy atom. The number of rotatable bonds is 5. The first-order valence-electron chi connectivity index (χ1n) is 8.36. The third-order valence-electron chi connectivity index (χ3n) is 3.61. The van der Waals surface area contributed by atoms with Crippen molar-refractivity contribution in [3.8, 4) is 0 Å². The molecule has 0 aliphatic rings. The van der Waals surface area contributed by atoms with E-state index in [0.717, 1.165) is 4.57 Å². The topological polar surface area (TPSA) is 84.7 Å². The first-order chi connectivity index (χ1) is 12.7. The van der Waals surface area contributed by atoms with Crippen LogP contribution < -0.4 is 16.2 Å². The molecule has 0 aromatic carbocycles. The molecular weight excluding hydrogens is 354 g/mol. The Balaban J connectivity index is 2.14. The molecule has 27 heavy (non-hydrogen) atoms. The van der Waals surface area contributed by atoms with E-state index in [2.05, 4.69) is 25.6 Å². The van der Waals surface area contributed by atoms with E-state index in [0.29, 0.717) is 22.8 Å². The number of pyridine rings is 2. The normalized spacial score (nSPS) is 11.8. The van der Waals surface area contributed by atoms with E-state index in [1.807, 2.05) is 20.8 Å². The fourth-order valence-corrected chi connectivity index (χ4v) is 2.60. The van der Waals surface area contributed by atoms with Crippen LogP contribution in [0.2, 0.25) is 0 Å². The third-order valence-corrected chi connectivity index (χ3v) is 3.61. The number of anilines is 3. The molecule has 9 heteroatoms. The van der Waals surface area contributed by atoms with E-state index in [1.165, 1.54) is 6.20 Å². The zero-order chi connectivity index (χ0) is 19.6. The summed E-state index contributed by atoms with van der Waals surface area (Å²) < 4.78 is 26.5. The molecule has 7 nitrogen and oxygen atoms in total. The van der Waals surface area contributed by atoms with Gasteiger partial charge in [0.05, 0.1) is 18.1 Å². The van der Waals surface area contributed by atoms with Crippen LogP contribution in [0.5, 0.6) is 0 Å². The second-order valence-electron chi connectivity index (χ2n) is 7.08. The summed E-state index contributed by atoms with van der Waals surface area (Å²) in [6.07, 6.45) is 3.38. The predicted molar refractivity (Wildman–Crippen MR) is 101 cm³/mol. The number of hydrogen-bond donors (Lipinski definition) is 2. The van der Waals surface area contributed by atoms with Crippen LogP contribution in [0.4, 0.5) is 26.2 Å². The summed E-state index contributed by atoms with van der Waals surface area (Å²) in [5, 5.41) is 7.06. The summed E-state index contributed by atoms with van der Waals surface area (Å²) in [7, 11) is 0. The first kappa shape index (κ1) is 18.7. The van der Waals surface area contributed by atoms with Crippen LogP contribution >= 0.6 is 0 Å². The van der Waals surface area contributed by atoms with E-state index in [-0.39, 0.29) is 10.9 Å².